The van der Waals surface area contributed by atoms with Crippen molar-refractivity contribution in [2.24, 2.45) is 0 Å². The number of H-pyrrole nitrogens is 2. The van der Waals surface area contributed by atoms with Crippen molar-refractivity contribution in [2.45, 2.75) is 25.8 Å². The third-order valence-corrected chi connectivity index (χ3v) is 4.25. The highest BCUT2D eigenvalue weighted by atomic mass is 16.1. The molecule has 0 saturated carbocycles. The first-order valence-electron chi connectivity index (χ1n) is 7.91. The van der Waals surface area contributed by atoms with Gasteiger partial charge in [0, 0.05) is 18.1 Å². The molecule has 0 saturated heterocycles. The van der Waals surface area contributed by atoms with Crippen LogP contribution in [0.15, 0.2) is 53.6 Å². The van der Waals surface area contributed by atoms with Gasteiger partial charge >= 0.3 is 5.69 Å². The summed E-state index contributed by atoms with van der Waals surface area (Å²) >= 11 is 0. The molecule has 23 heavy (non-hydrogen) atoms. The van der Waals surface area contributed by atoms with Crippen molar-refractivity contribution in [1.82, 2.24) is 19.5 Å². The number of imidazole rings is 1. The summed E-state index contributed by atoms with van der Waals surface area (Å²) in [5.41, 5.74) is 3.84. The van der Waals surface area contributed by atoms with Crippen molar-refractivity contribution in [3.63, 3.8) is 0 Å². The van der Waals surface area contributed by atoms with E-state index in [9.17, 15) is 4.79 Å². The summed E-state index contributed by atoms with van der Waals surface area (Å²) < 4.78 is 1.83. The van der Waals surface area contributed by atoms with Gasteiger partial charge in [-0.2, -0.15) is 0 Å². The average molecular weight is 306 g/mol. The van der Waals surface area contributed by atoms with Gasteiger partial charge in [0.25, 0.3) is 0 Å². The maximum Gasteiger partial charge on any atom is 0.326 e. The predicted octanol–water partition coefficient (Wildman–Crippen LogP) is 3.23. The number of aryl methyl sites for hydroxylation is 2. The smallest absolute Gasteiger partial charge is 0.326 e. The van der Waals surface area contributed by atoms with E-state index in [0.717, 1.165) is 47.9 Å². The molecule has 116 valence electrons. The van der Waals surface area contributed by atoms with Crippen LogP contribution in [0.25, 0.3) is 22.1 Å². The number of unbranched alkanes of at least 4 members (excludes halogenated alkanes) is 1. The summed E-state index contributed by atoms with van der Waals surface area (Å²) in [6.45, 7) is 0.718. The van der Waals surface area contributed by atoms with Gasteiger partial charge in [-0.25, -0.2) is 9.78 Å². The Balaban J connectivity index is 1.55. The molecule has 0 fully saturated rings. The molecule has 0 aliphatic heterocycles. The van der Waals surface area contributed by atoms with E-state index in [1.807, 2.05) is 22.9 Å². The fraction of sp³-hybridized carbons (Fsp3) is 0.222. The van der Waals surface area contributed by atoms with Crippen LogP contribution in [0.3, 0.4) is 0 Å². The van der Waals surface area contributed by atoms with Crippen molar-refractivity contribution in [1.29, 1.82) is 0 Å². The van der Waals surface area contributed by atoms with Crippen molar-refractivity contribution in [3.8, 4) is 0 Å². The minimum absolute atomic E-state index is 0.0600. The molecular formula is C18H18N4O. The Labute approximate surface area is 133 Å². The van der Waals surface area contributed by atoms with Gasteiger partial charge in [-0.15, -0.1) is 0 Å². The highest BCUT2D eigenvalue weighted by molar-refractivity contribution is 6.00. The quantitative estimate of drug-likeness (QED) is 0.556. The summed E-state index contributed by atoms with van der Waals surface area (Å²) in [7, 11) is 0. The first-order valence-corrected chi connectivity index (χ1v) is 7.91. The van der Waals surface area contributed by atoms with E-state index in [1.54, 1.807) is 6.20 Å². The molecule has 4 rings (SSSR count). The van der Waals surface area contributed by atoms with E-state index >= 15 is 0 Å². The third-order valence-electron chi connectivity index (χ3n) is 4.25. The summed E-state index contributed by atoms with van der Waals surface area (Å²) in [6, 6.07) is 12.4. The average Bonchev–Trinajstić information content (AvgIpc) is 3.16. The van der Waals surface area contributed by atoms with Gasteiger partial charge in [-0.05, 0) is 30.9 Å². The molecule has 2 N–H and O–H groups in total. The van der Waals surface area contributed by atoms with Gasteiger partial charge in [0.05, 0.1) is 17.2 Å². The number of aromatic amines is 2. The molecule has 0 aliphatic rings. The normalized spacial score (nSPS) is 11.5. The molecule has 3 aromatic heterocycles. The maximum absolute atomic E-state index is 12.2. The molecule has 0 atom stereocenters. The molecule has 1 aromatic carbocycles. The van der Waals surface area contributed by atoms with Crippen molar-refractivity contribution < 1.29 is 0 Å². The lowest BCUT2D eigenvalue weighted by atomic mass is 10.1. The molecule has 5 nitrogen and oxygen atoms in total. The molecule has 0 bridgehead atoms. The van der Waals surface area contributed by atoms with Gasteiger partial charge in [-0.3, -0.25) is 4.57 Å². The minimum atomic E-state index is -0.0600. The van der Waals surface area contributed by atoms with Gasteiger partial charge in [0.15, 0.2) is 0 Å². The lowest BCUT2D eigenvalue weighted by molar-refractivity contribution is 0.608. The number of benzene rings is 1. The van der Waals surface area contributed by atoms with Gasteiger partial charge < -0.3 is 9.97 Å². The summed E-state index contributed by atoms with van der Waals surface area (Å²) in [5, 5.41) is 0.990. The number of rotatable bonds is 5. The second kappa shape index (κ2) is 5.76. The molecule has 0 spiro atoms. The van der Waals surface area contributed by atoms with Crippen LogP contribution in [0.4, 0.5) is 0 Å². The van der Waals surface area contributed by atoms with E-state index in [1.165, 1.54) is 5.56 Å². The SMILES string of the molecule is O=c1[nH]c2cnc3[nH]ccc3c2n1CCCCc1ccccc1. The van der Waals surface area contributed by atoms with Crippen LogP contribution < -0.4 is 5.69 Å². The maximum atomic E-state index is 12.2. The first kappa shape index (κ1) is 13.8. The lowest BCUT2D eigenvalue weighted by Crippen LogP contribution is -2.16. The molecule has 0 unspecified atom stereocenters. The van der Waals surface area contributed by atoms with Crippen molar-refractivity contribution >= 4 is 22.1 Å². The van der Waals surface area contributed by atoms with Crippen LogP contribution in [0, 0.1) is 0 Å². The van der Waals surface area contributed by atoms with Crippen molar-refractivity contribution in [3.05, 3.63) is 64.8 Å². The Hall–Kier alpha value is -2.82. The predicted molar refractivity (Wildman–Crippen MR) is 91.6 cm³/mol. The molecule has 4 aromatic rings. The van der Waals surface area contributed by atoms with E-state index in [4.69, 9.17) is 0 Å². The minimum Gasteiger partial charge on any atom is -0.346 e. The standard InChI is InChI=1S/C18H18N4O/c23-18-21-15-12-20-17-14(9-10-19-17)16(15)22(18)11-5-4-8-13-6-2-1-3-7-13/h1-3,6-7,9-10,12H,4-5,8,11H2,(H,19,20)(H,21,23). The Bertz CT molecular complexity index is 994. The lowest BCUT2D eigenvalue weighted by Gasteiger charge is -2.05. The fourth-order valence-corrected chi connectivity index (χ4v) is 3.12. The molecule has 3 heterocycles. The van der Waals surface area contributed by atoms with Crippen LogP contribution in [0.5, 0.6) is 0 Å². The number of nitrogens with zero attached hydrogens (tertiary/aromatic N) is 2. The Morgan fingerprint density at radius 3 is 2.83 bits per heavy atom. The number of hydrogen-bond donors (Lipinski definition) is 2. The van der Waals surface area contributed by atoms with E-state index in [2.05, 4.69) is 39.2 Å². The van der Waals surface area contributed by atoms with Crippen LogP contribution >= 0.6 is 0 Å². The van der Waals surface area contributed by atoms with Gasteiger partial charge in [0.2, 0.25) is 0 Å². The van der Waals surface area contributed by atoms with Crippen LogP contribution in [-0.4, -0.2) is 19.5 Å². The van der Waals surface area contributed by atoms with Crippen molar-refractivity contribution in [2.75, 3.05) is 0 Å². The highest BCUT2D eigenvalue weighted by Gasteiger charge is 2.11. The Morgan fingerprint density at radius 1 is 1.09 bits per heavy atom. The summed E-state index contributed by atoms with van der Waals surface area (Å²) in [4.78, 5) is 22.6. The highest BCUT2D eigenvalue weighted by Crippen LogP contribution is 2.20. The largest absolute Gasteiger partial charge is 0.346 e. The van der Waals surface area contributed by atoms with Crippen LogP contribution in [0.2, 0.25) is 0 Å². The zero-order valence-electron chi connectivity index (χ0n) is 12.7. The molecule has 0 amide bonds. The zero-order valence-corrected chi connectivity index (χ0v) is 12.7. The van der Waals surface area contributed by atoms with E-state index < -0.39 is 0 Å². The third kappa shape index (κ3) is 2.54. The molecule has 0 aliphatic carbocycles. The monoisotopic (exact) mass is 306 g/mol. The summed E-state index contributed by atoms with van der Waals surface area (Å²) in [5.74, 6) is 0. The van der Waals surface area contributed by atoms with Crippen LogP contribution in [-0.2, 0) is 13.0 Å². The van der Waals surface area contributed by atoms with E-state index in [-0.39, 0.29) is 5.69 Å². The fourth-order valence-electron chi connectivity index (χ4n) is 3.12. The van der Waals surface area contributed by atoms with Gasteiger partial charge in [-0.1, -0.05) is 30.3 Å². The first-order chi connectivity index (χ1) is 11.3. The van der Waals surface area contributed by atoms with Crippen LogP contribution in [0.1, 0.15) is 18.4 Å². The number of nitrogens with one attached hydrogen (secondary N) is 2. The van der Waals surface area contributed by atoms with E-state index in [0.29, 0.717) is 0 Å². The summed E-state index contributed by atoms with van der Waals surface area (Å²) in [6.07, 6.45) is 6.64. The second-order valence-corrected chi connectivity index (χ2v) is 5.78. The number of pyridine rings is 1. The zero-order chi connectivity index (χ0) is 15.6. The molecule has 5 heteroatoms. The Kier molecular flexibility index (Phi) is 3.46. The second-order valence-electron chi connectivity index (χ2n) is 5.78. The number of hydrogen-bond acceptors (Lipinski definition) is 2. The Morgan fingerprint density at radius 2 is 1.96 bits per heavy atom. The number of aromatic nitrogens is 4. The molecular weight excluding hydrogens is 288 g/mol. The van der Waals surface area contributed by atoms with Gasteiger partial charge in [0.1, 0.15) is 5.65 Å². The molecule has 0 radical (unpaired) electrons. The topological polar surface area (TPSA) is 66.5 Å². The number of fused-ring (bicyclic) bond motifs is 3.